The summed E-state index contributed by atoms with van der Waals surface area (Å²) < 4.78 is 6.29. The molecule has 1 fully saturated rings. The number of carbonyl (C=O) groups is 1. The van der Waals surface area contributed by atoms with Crippen LogP contribution in [0.15, 0.2) is 24.3 Å². The summed E-state index contributed by atoms with van der Waals surface area (Å²) >= 11 is 0. The van der Waals surface area contributed by atoms with Crippen molar-refractivity contribution in [2.75, 3.05) is 39.3 Å². The van der Waals surface area contributed by atoms with Crippen molar-refractivity contribution in [3.8, 4) is 0 Å². The van der Waals surface area contributed by atoms with Gasteiger partial charge in [-0.25, -0.2) is 4.79 Å². The maximum absolute atomic E-state index is 10.9. The molecule has 0 bridgehead atoms. The van der Waals surface area contributed by atoms with Crippen molar-refractivity contribution in [2.45, 2.75) is 45.4 Å². The van der Waals surface area contributed by atoms with Crippen LogP contribution in [0.5, 0.6) is 0 Å². The van der Waals surface area contributed by atoms with Crippen LogP contribution in [0, 0.1) is 0 Å². The summed E-state index contributed by atoms with van der Waals surface area (Å²) in [6.45, 7) is 18.4. The van der Waals surface area contributed by atoms with Gasteiger partial charge >= 0.3 is 5.97 Å². The third-order valence-electron chi connectivity index (χ3n) is 5.75. The van der Waals surface area contributed by atoms with E-state index in [1.54, 1.807) is 12.1 Å². The number of nitrogens with zero attached hydrogens (tertiary/aromatic N) is 2. The topological polar surface area (TPSA) is 53.0 Å². The van der Waals surface area contributed by atoms with Crippen molar-refractivity contribution < 1.29 is 14.3 Å². The molecule has 0 saturated carbocycles. The van der Waals surface area contributed by atoms with Crippen molar-refractivity contribution >= 4 is 14.3 Å². The molecule has 26 heavy (non-hydrogen) atoms. The van der Waals surface area contributed by atoms with Crippen LogP contribution in [0.3, 0.4) is 0 Å². The molecule has 0 atom stereocenters. The number of rotatable bonds is 7. The van der Waals surface area contributed by atoms with Gasteiger partial charge in [0.05, 0.1) is 5.56 Å². The van der Waals surface area contributed by atoms with Gasteiger partial charge in [-0.3, -0.25) is 9.80 Å². The first kappa shape index (κ1) is 21.1. The van der Waals surface area contributed by atoms with Crippen LogP contribution in [0.1, 0.15) is 36.7 Å². The SMILES string of the molecule is CC(C)(C)[Si](C)(C)OCCN1CCN(Cc2ccc(C(=O)O)cc2)CC1. The highest BCUT2D eigenvalue weighted by atomic mass is 28.4. The lowest BCUT2D eigenvalue weighted by Gasteiger charge is -2.38. The monoisotopic (exact) mass is 378 g/mol. The van der Waals surface area contributed by atoms with Crippen LogP contribution in [0.2, 0.25) is 18.1 Å². The normalized spacial score (nSPS) is 17.4. The average Bonchev–Trinajstić information content (AvgIpc) is 2.56. The van der Waals surface area contributed by atoms with E-state index in [4.69, 9.17) is 9.53 Å². The van der Waals surface area contributed by atoms with E-state index in [9.17, 15) is 4.79 Å². The van der Waals surface area contributed by atoms with E-state index in [2.05, 4.69) is 43.7 Å². The highest BCUT2D eigenvalue weighted by Crippen LogP contribution is 2.36. The molecule has 0 radical (unpaired) electrons. The molecular formula is C20H34N2O3Si. The fourth-order valence-corrected chi connectivity index (χ4v) is 3.86. The molecule has 1 aliphatic rings. The Kier molecular flexibility index (Phi) is 7.02. The minimum absolute atomic E-state index is 0.266. The summed E-state index contributed by atoms with van der Waals surface area (Å²) in [6.07, 6.45) is 0. The molecule has 5 nitrogen and oxygen atoms in total. The first-order valence-electron chi connectivity index (χ1n) is 9.49. The highest BCUT2D eigenvalue weighted by Gasteiger charge is 2.37. The molecule has 0 amide bonds. The molecule has 1 aromatic rings. The predicted octanol–water partition coefficient (Wildman–Crippen LogP) is 3.52. The fraction of sp³-hybridized carbons (Fsp3) is 0.650. The second-order valence-electron chi connectivity index (χ2n) is 8.73. The lowest BCUT2D eigenvalue weighted by molar-refractivity contribution is 0.0697. The Morgan fingerprint density at radius 1 is 1.08 bits per heavy atom. The Hall–Kier alpha value is -1.21. The zero-order valence-electron chi connectivity index (χ0n) is 16.9. The first-order valence-corrected chi connectivity index (χ1v) is 12.4. The van der Waals surface area contributed by atoms with Gasteiger partial charge in [-0.15, -0.1) is 0 Å². The molecule has 0 spiro atoms. The van der Waals surface area contributed by atoms with E-state index in [1.165, 1.54) is 5.56 Å². The average molecular weight is 379 g/mol. The van der Waals surface area contributed by atoms with Gasteiger partial charge in [0.15, 0.2) is 8.32 Å². The standard InChI is InChI=1S/C20H34N2O3Si/c1-20(2,3)26(4,5)25-15-14-21-10-12-22(13-11-21)16-17-6-8-18(9-7-17)19(23)24/h6-9H,10-16H2,1-5H3,(H,23,24). The number of aromatic carboxylic acids is 1. The Labute approximate surface area is 159 Å². The molecule has 146 valence electrons. The number of hydrogen-bond acceptors (Lipinski definition) is 4. The van der Waals surface area contributed by atoms with E-state index in [0.29, 0.717) is 5.56 Å². The van der Waals surface area contributed by atoms with Crippen molar-refractivity contribution in [1.82, 2.24) is 9.80 Å². The number of benzene rings is 1. The fourth-order valence-electron chi connectivity index (χ4n) is 2.83. The molecule has 2 rings (SSSR count). The number of carboxylic acid groups (broad SMARTS) is 1. The lowest BCUT2D eigenvalue weighted by Crippen LogP contribution is -2.48. The summed E-state index contributed by atoms with van der Waals surface area (Å²) in [6, 6.07) is 7.21. The molecule has 0 aliphatic carbocycles. The van der Waals surface area contributed by atoms with Gasteiger partial charge < -0.3 is 9.53 Å². The van der Waals surface area contributed by atoms with Gasteiger partial charge in [-0.05, 0) is 35.8 Å². The smallest absolute Gasteiger partial charge is 0.335 e. The van der Waals surface area contributed by atoms with Gasteiger partial charge in [-0.2, -0.15) is 0 Å². The number of carboxylic acids is 1. The maximum Gasteiger partial charge on any atom is 0.335 e. The first-order chi connectivity index (χ1) is 12.1. The minimum Gasteiger partial charge on any atom is -0.478 e. The van der Waals surface area contributed by atoms with E-state index >= 15 is 0 Å². The number of piperazine rings is 1. The summed E-state index contributed by atoms with van der Waals surface area (Å²) in [5.41, 5.74) is 1.52. The van der Waals surface area contributed by atoms with Crippen LogP contribution in [0.25, 0.3) is 0 Å². The Morgan fingerprint density at radius 2 is 1.62 bits per heavy atom. The number of hydrogen-bond donors (Lipinski definition) is 1. The lowest BCUT2D eigenvalue weighted by atomic mass is 10.1. The van der Waals surface area contributed by atoms with Crippen molar-refractivity contribution in [3.63, 3.8) is 0 Å². The largest absolute Gasteiger partial charge is 0.478 e. The molecule has 1 aliphatic heterocycles. The van der Waals surface area contributed by atoms with Gasteiger partial charge in [0, 0.05) is 45.9 Å². The minimum atomic E-state index is -1.65. The van der Waals surface area contributed by atoms with Gasteiger partial charge in [0.1, 0.15) is 0 Å². The van der Waals surface area contributed by atoms with Gasteiger partial charge in [0.2, 0.25) is 0 Å². The third-order valence-corrected chi connectivity index (χ3v) is 10.3. The Bertz CT molecular complexity index is 588. The molecule has 1 saturated heterocycles. The predicted molar refractivity (Wildman–Crippen MR) is 108 cm³/mol. The van der Waals surface area contributed by atoms with Crippen molar-refractivity contribution in [3.05, 3.63) is 35.4 Å². The highest BCUT2D eigenvalue weighted by molar-refractivity contribution is 6.74. The van der Waals surface area contributed by atoms with Crippen LogP contribution in [-0.2, 0) is 11.0 Å². The second-order valence-corrected chi connectivity index (χ2v) is 13.5. The van der Waals surface area contributed by atoms with Gasteiger partial charge in [0.25, 0.3) is 0 Å². The molecule has 0 unspecified atom stereocenters. The summed E-state index contributed by atoms with van der Waals surface area (Å²) in [5.74, 6) is -0.870. The Balaban J connectivity index is 1.71. The summed E-state index contributed by atoms with van der Waals surface area (Å²) in [4.78, 5) is 15.8. The van der Waals surface area contributed by atoms with Crippen molar-refractivity contribution in [2.24, 2.45) is 0 Å². The van der Waals surface area contributed by atoms with E-state index in [-0.39, 0.29) is 5.04 Å². The molecule has 1 heterocycles. The molecular weight excluding hydrogens is 344 g/mol. The third kappa shape index (κ3) is 5.91. The van der Waals surface area contributed by atoms with Crippen LogP contribution in [0.4, 0.5) is 0 Å². The van der Waals surface area contributed by atoms with E-state index in [1.807, 2.05) is 12.1 Å². The van der Waals surface area contributed by atoms with Crippen LogP contribution >= 0.6 is 0 Å². The Morgan fingerprint density at radius 3 is 2.12 bits per heavy atom. The maximum atomic E-state index is 10.9. The molecule has 1 aromatic carbocycles. The molecule has 1 N–H and O–H groups in total. The second kappa shape index (κ2) is 8.65. The molecule has 0 aromatic heterocycles. The van der Waals surface area contributed by atoms with Crippen molar-refractivity contribution in [1.29, 1.82) is 0 Å². The van der Waals surface area contributed by atoms with E-state index < -0.39 is 14.3 Å². The zero-order valence-corrected chi connectivity index (χ0v) is 17.9. The molecule has 6 heteroatoms. The van der Waals surface area contributed by atoms with Gasteiger partial charge in [-0.1, -0.05) is 32.9 Å². The summed E-state index contributed by atoms with van der Waals surface area (Å²) in [7, 11) is -1.65. The van der Waals surface area contributed by atoms with Crippen LogP contribution in [-0.4, -0.2) is 68.5 Å². The zero-order chi connectivity index (χ0) is 19.4. The van der Waals surface area contributed by atoms with Crippen LogP contribution < -0.4 is 0 Å². The quantitative estimate of drug-likeness (QED) is 0.736. The summed E-state index contributed by atoms with van der Waals surface area (Å²) in [5, 5.41) is 9.23. The van der Waals surface area contributed by atoms with E-state index in [0.717, 1.165) is 45.9 Å².